The normalized spacial score (nSPS) is 16.3. The molecule has 2 atom stereocenters. The van der Waals surface area contributed by atoms with Gasteiger partial charge in [0, 0.05) is 35.3 Å². The highest BCUT2D eigenvalue weighted by Crippen LogP contribution is 2.46. The van der Waals surface area contributed by atoms with Crippen molar-refractivity contribution < 1.29 is 31.8 Å². The van der Waals surface area contributed by atoms with Crippen molar-refractivity contribution in [2.24, 2.45) is 0 Å². The predicted molar refractivity (Wildman–Crippen MR) is 187 cm³/mol. The van der Waals surface area contributed by atoms with Crippen molar-refractivity contribution in [1.29, 1.82) is 0 Å². The van der Waals surface area contributed by atoms with Crippen molar-refractivity contribution in [3.8, 4) is 11.5 Å². The minimum atomic E-state index is -3.64. The van der Waals surface area contributed by atoms with Crippen molar-refractivity contribution in [2.45, 2.75) is 43.1 Å². The van der Waals surface area contributed by atoms with E-state index in [1.54, 1.807) is 37.6 Å². The molecule has 0 radical (unpaired) electrons. The number of pyridine rings is 1. The maximum atomic E-state index is 13.6. The first-order chi connectivity index (χ1) is 23.7. The highest BCUT2D eigenvalue weighted by atomic mass is 79.9. The molecule has 0 fully saturated rings. The van der Waals surface area contributed by atoms with Gasteiger partial charge < -0.3 is 24.3 Å². The number of hydrogen-bond acceptors (Lipinski definition) is 10. The molecule has 0 spiro atoms. The number of anilines is 2. The molecule has 2 unspecified atom stereocenters. The van der Waals surface area contributed by atoms with Gasteiger partial charge in [-0.1, -0.05) is 25.1 Å². The summed E-state index contributed by atoms with van der Waals surface area (Å²) in [5, 5.41) is 4.11. The highest BCUT2D eigenvalue weighted by molar-refractivity contribution is 9.10. The topological polar surface area (TPSA) is 122 Å². The second kappa shape index (κ2) is 14.9. The molecule has 6 rings (SSSR count). The van der Waals surface area contributed by atoms with Crippen LogP contribution in [0, 0.1) is 5.82 Å². The number of hydrogen-bond donors (Lipinski definition) is 1. The summed E-state index contributed by atoms with van der Waals surface area (Å²) in [7, 11) is -2.06. The molecule has 13 heteroatoms. The Kier molecular flexibility index (Phi) is 10.4. The smallest absolute Gasteiger partial charge is 0.197 e. The predicted octanol–water partition coefficient (Wildman–Crippen LogP) is 7.66. The summed E-state index contributed by atoms with van der Waals surface area (Å²) in [5.41, 5.74) is 1.81. The molecule has 0 bridgehead atoms. The van der Waals surface area contributed by atoms with Gasteiger partial charge in [-0.2, -0.15) is 0 Å². The quantitative estimate of drug-likeness (QED) is 0.121. The molecule has 0 saturated heterocycles. The van der Waals surface area contributed by atoms with Gasteiger partial charge in [0.2, 0.25) is 0 Å². The van der Waals surface area contributed by atoms with Crippen molar-refractivity contribution >= 4 is 48.2 Å². The summed E-state index contributed by atoms with van der Waals surface area (Å²) in [5.74, 6) is 1.15. The molecule has 49 heavy (non-hydrogen) atoms. The molecular formula is C36H34BrFN4O6S. The molecule has 1 aliphatic rings. The van der Waals surface area contributed by atoms with Crippen LogP contribution in [-0.2, 0) is 31.5 Å². The number of methoxy groups -OCH3 is 1. The lowest BCUT2D eigenvalue weighted by Gasteiger charge is -2.37. The van der Waals surface area contributed by atoms with Crippen LogP contribution in [0.4, 0.5) is 15.9 Å². The third kappa shape index (κ3) is 7.53. The number of halogens is 2. The van der Waals surface area contributed by atoms with E-state index in [2.05, 4.69) is 36.2 Å². The average Bonchev–Trinajstić information content (AvgIpc) is 3.60. The summed E-state index contributed by atoms with van der Waals surface area (Å²) in [6.45, 7) is 2.13. The average molecular weight is 750 g/mol. The number of benzene rings is 3. The van der Waals surface area contributed by atoms with Gasteiger partial charge in [-0.3, -0.25) is 0 Å². The molecule has 5 aromatic rings. The van der Waals surface area contributed by atoms with Crippen LogP contribution in [0.3, 0.4) is 0 Å². The summed E-state index contributed by atoms with van der Waals surface area (Å²) in [6, 6.07) is 20.4. The van der Waals surface area contributed by atoms with E-state index in [1.807, 2.05) is 43.3 Å². The van der Waals surface area contributed by atoms with Crippen molar-refractivity contribution in [2.75, 3.05) is 24.8 Å². The maximum Gasteiger partial charge on any atom is 0.197 e. The van der Waals surface area contributed by atoms with Crippen molar-refractivity contribution in [3.05, 3.63) is 119 Å². The molecule has 0 saturated carbocycles. The van der Waals surface area contributed by atoms with Gasteiger partial charge in [-0.15, -0.1) is 0 Å². The van der Waals surface area contributed by atoms with E-state index >= 15 is 0 Å². The number of aromatic nitrogens is 3. The van der Waals surface area contributed by atoms with Gasteiger partial charge in [0.15, 0.2) is 20.5 Å². The fourth-order valence-electron chi connectivity index (χ4n) is 5.82. The third-order valence-corrected chi connectivity index (χ3v) is 10.4. The fraction of sp³-hybridized carbons (Fsp3) is 0.250. The number of rotatable bonds is 14. The first kappa shape index (κ1) is 34.3. The van der Waals surface area contributed by atoms with E-state index in [4.69, 9.17) is 18.9 Å². The Morgan fingerprint density at radius 3 is 2.63 bits per heavy atom. The second-order valence-electron chi connectivity index (χ2n) is 11.3. The molecule has 1 aliphatic heterocycles. The summed E-state index contributed by atoms with van der Waals surface area (Å²) >= 11 is 3.58. The van der Waals surface area contributed by atoms with Gasteiger partial charge in [0.1, 0.15) is 42.2 Å². The number of nitrogens with one attached hydrogen (secondary N) is 1. The van der Waals surface area contributed by atoms with Gasteiger partial charge >= 0.3 is 0 Å². The molecule has 1 N–H and O–H groups in total. The van der Waals surface area contributed by atoms with Crippen LogP contribution in [0.15, 0.2) is 107 Å². The largest absolute Gasteiger partial charge is 0.496 e. The molecular weight excluding hydrogens is 715 g/mol. The van der Waals surface area contributed by atoms with Crippen molar-refractivity contribution in [1.82, 2.24) is 15.0 Å². The molecule has 3 aromatic carbocycles. The molecule has 3 heterocycles. The number of fused-ring (bicyclic) bond motifs is 1. The highest BCUT2D eigenvalue weighted by Gasteiger charge is 2.46. The number of ether oxygens (including phenoxy) is 4. The zero-order valence-electron chi connectivity index (χ0n) is 26.8. The van der Waals surface area contributed by atoms with Crippen LogP contribution in [-0.4, -0.2) is 48.9 Å². The van der Waals surface area contributed by atoms with Gasteiger partial charge in [-0.05, 0) is 82.5 Å². The molecule has 0 aliphatic carbocycles. The number of sulfone groups is 1. The Balaban J connectivity index is 1.26. The van der Waals surface area contributed by atoms with Crippen LogP contribution in [0.1, 0.15) is 30.9 Å². The SMILES string of the molecule is CCC(OCCS(=O)(=O)c1ccccn1)C1(c2cc3c(Nc4ccc(OCc5cccc(F)c5)c(Br)c4)ncnc3cc2OC)CC=CO1. The Morgan fingerprint density at radius 1 is 1.04 bits per heavy atom. The Bertz CT molecular complexity index is 2080. The first-order valence-corrected chi connectivity index (χ1v) is 18.0. The van der Waals surface area contributed by atoms with Crippen LogP contribution >= 0.6 is 15.9 Å². The Morgan fingerprint density at radius 2 is 1.92 bits per heavy atom. The fourth-order valence-corrected chi connectivity index (χ4v) is 7.34. The Hall–Kier alpha value is -4.59. The van der Waals surface area contributed by atoms with Crippen LogP contribution in [0.2, 0.25) is 0 Å². The van der Waals surface area contributed by atoms with E-state index in [-0.39, 0.29) is 29.8 Å². The lowest BCUT2D eigenvalue weighted by Crippen LogP contribution is -2.41. The van der Waals surface area contributed by atoms with E-state index < -0.39 is 21.5 Å². The molecule has 254 valence electrons. The standard InChI is InChI=1S/C36H34BrFN4O6S/c1-3-33(46-16-17-49(43,44)34-10-4-5-14-39-34)36(13-7-15-48-36)28-20-27-30(21-32(28)45-2)40-23-41-35(27)42-26-11-12-31(29(37)19-26)47-22-24-8-6-9-25(38)18-24/h4-12,14-15,18-21,23,33H,3,13,16-17,22H2,1-2H3,(H,40,41,42). The Labute approximate surface area is 292 Å². The van der Waals surface area contributed by atoms with Crippen LogP contribution < -0.4 is 14.8 Å². The van der Waals surface area contributed by atoms with E-state index in [0.717, 1.165) is 11.3 Å². The van der Waals surface area contributed by atoms with Gasteiger partial charge in [0.05, 0.1) is 35.7 Å². The van der Waals surface area contributed by atoms with E-state index in [1.165, 1.54) is 30.7 Å². The summed E-state index contributed by atoms with van der Waals surface area (Å²) < 4.78 is 64.5. The minimum absolute atomic E-state index is 0.00874. The summed E-state index contributed by atoms with van der Waals surface area (Å²) in [4.78, 5) is 13.0. The van der Waals surface area contributed by atoms with Crippen LogP contribution in [0.25, 0.3) is 10.9 Å². The zero-order chi connectivity index (χ0) is 34.4. The maximum absolute atomic E-state index is 13.6. The van der Waals surface area contributed by atoms with Gasteiger partial charge in [0.25, 0.3) is 0 Å². The lowest BCUT2D eigenvalue weighted by atomic mass is 9.83. The van der Waals surface area contributed by atoms with Crippen LogP contribution in [0.5, 0.6) is 11.5 Å². The summed E-state index contributed by atoms with van der Waals surface area (Å²) in [6.07, 6.45) is 6.95. The lowest BCUT2D eigenvalue weighted by molar-refractivity contribution is -0.108. The first-order valence-electron chi connectivity index (χ1n) is 15.6. The van der Waals surface area contributed by atoms with E-state index in [9.17, 15) is 12.8 Å². The molecule has 2 aromatic heterocycles. The van der Waals surface area contributed by atoms with Gasteiger partial charge in [-0.25, -0.2) is 27.8 Å². The second-order valence-corrected chi connectivity index (χ2v) is 14.2. The molecule has 10 nitrogen and oxygen atoms in total. The monoisotopic (exact) mass is 748 g/mol. The third-order valence-electron chi connectivity index (χ3n) is 8.20. The minimum Gasteiger partial charge on any atom is -0.496 e. The number of nitrogens with zero attached hydrogens (tertiary/aromatic N) is 3. The zero-order valence-corrected chi connectivity index (χ0v) is 29.2. The van der Waals surface area contributed by atoms with E-state index in [0.29, 0.717) is 51.1 Å². The van der Waals surface area contributed by atoms with Crippen molar-refractivity contribution in [3.63, 3.8) is 0 Å². The molecule has 0 amide bonds.